The van der Waals surface area contributed by atoms with E-state index in [1.54, 1.807) is 0 Å². The fraction of sp³-hybridized carbons (Fsp3) is 0.556. The molecule has 0 radical (unpaired) electrons. The van der Waals surface area contributed by atoms with Gasteiger partial charge in [0.25, 0.3) is 6.01 Å². The van der Waals surface area contributed by atoms with Crippen molar-refractivity contribution in [3.63, 3.8) is 0 Å². The maximum absolute atomic E-state index is 15.3. The van der Waals surface area contributed by atoms with E-state index >= 15 is 8.78 Å². The van der Waals surface area contributed by atoms with Crippen LogP contribution in [0.3, 0.4) is 0 Å². The minimum atomic E-state index is -9.84. The van der Waals surface area contributed by atoms with Crippen LogP contribution in [0.15, 0.2) is 40.7 Å². The normalized spacial score (nSPS) is 17.0. The summed E-state index contributed by atoms with van der Waals surface area (Å²) < 4.78 is 352. The first kappa shape index (κ1) is 45.1. The number of allylic oxidation sites excluding steroid dienone is 1. The van der Waals surface area contributed by atoms with Gasteiger partial charge < -0.3 is 9.29 Å². The molecule has 1 aromatic rings. The number of hydrogen-bond acceptors (Lipinski definition) is 4. The molecule has 0 bridgehead atoms. The quantitative estimate of drug-likeness (QED) is 0.150. The molecule has 29 heteroatoms. The first-order valence-electron chi connectivity index (χ1n) is 10.0. The van der Waals surface area contributed by atoms with E-state index in [9.17, 15) is 105 Å². The van der Waals surface area contributed by atoms with Gasteiger partial charge in [0.15, 0.2) is 0 Å². The van der Waals surface area contributed by atoms with Crippen LogP contribution in [-0.4, -0.2) is 67.3 Å². The maximum atomic E-state index is 15.3. The standard InChI is InChI=1S/C18H5F23O4S.Na/c19-8(45-5-1-3-6(4-2-5)46(42,43)44)7(10(20,15(30,31)32)13(25,26)18(39,40)41)9(14(27,28)29,11(21,22)16(33,34)35)12(23,24)17(36,37)38;/h1-4H,(H,42,43,44);/q;+1/p-1. The zero-order chi connectivity index (χ0) is 37.3. The average molecular weight is 776 g/mol. The molecular weight excluding hydrogens is 772 g/mol. The smallest absolute Gasteiger partial charge is 0.744 e. The number of ether oxygens (including phenoxy) is 1. The molecule has 1 unspecified atom stereocenters. The van der Waals surface area contributed by atoms with Crippen LogP contribution in [0.4, 0.5) is 101 Å². The monoisotopic (exact) mass is 776 g/mol. The molecule has 0 aliphatic rings. The summed E-state index contributed by atoms with van der Waals surface area (Å²) in [4.78, 5) is -1.62. The van der Waals surface area contributed by atoms with Crippen molar-refractivity contribution in [3.05, 3.63) is 35.9 Å². The van der Waals surface area contributed by atoms with E-state index < -0.39 is 104 Å². The van der Waals surface area contributed by atoms with Crippen molar-refractivity contribution in [1.29, 1.82) is 0 Å². The number of halogens is 23. The molecule has 0 aromatic heterocycles. The molecule has 0 fully saturated rings. The molecule has 1 aromatic carbocycles. The molecule has 0 aliphatic carbocycles. The van der Waals surface area contributed by atoms with Crippen molar-refractivity contribution in [2.75, 3.05) is 0 Å². The van der Waals surface area contributed by atoms with E-state index in [4.69, 9.17) is 0 Å². The van der Waals surface area contributed by atoms with Crippen LogP contribution in [0.5, 0.6) is 5.75 Å². The topological polar surface area (TPSA) is 66.4 Å². The zero-order valence-corrected chi connectivity index (χ0v) is 23.9. The Morgan fingerprint density at radius 2 is 0.851 bits per heavy atom. The van der Waals surface area contributed by atoms with Crippen molar-refractivity contribution in [2.45, 2.75) is 59.2 Å². The van der Waals surface area contributed by atoms with E-state index in [0.29, 0.717) is 0 Å². The molecule has 0 saturated carbocycles. The summed E-state index contributed by atoms with van der Waals surface area (Å²) in [6.45, 7) is 0. The van der Waals surface area contributed by atoms with Gasteiger partial charge in [-0.1, -0.05) is 0 Å². The summed E-state index contributed by atoms with van der Waals surface area (Å²) in [5.41, 5.74) is -26.0. The predicted molar refractivity (Wildman–Crippen MR) is 94.6 cm³/mol. The van der Waals surface area contributed by atoms with Gasteiger partial charge in [0, 0.05) is 0 Å². The fourth-order valence-corrected chi connectivity index (χ4v) is 3.95. The summed E-state index contributed by atoms with van der Waals surface area (Å²) >= 11 is 0. The molecule has 0 heterocycles. The van der Waals surface area contributed by atoms with Gasteiger partial charge >= 0.3 is 83.9 Å². The Labute approximate surface area is 264 Å². The number of alkyl halides is 22. The van der Waals surface area contributed by atoms with Crippen molar-refractivity contribution in [3.8, 4) is 5.75 Å². The third-order valence-corrected chi connectivity index (χ3v) is 6.34. The minimum Gasteiger partial charge on any atom is -0.744 e. The second kappa shape index (κ2) is 12.4. The Balaban J connectivity index is 0.0000212. The fourth-order valence-electron chi connectivity index (χ4n) is 3.48. The summed E-state index contributed by atoms with van der Waals surface area (Å²) in [7, 11) is -5.70. The third kappa shape index (κ3) is 6.93. The van der Waals surface area contributed by atoms with Crippen LogP contribution in [-0.2, 0) is 10.1 Å². The van der Waals surface area contributed by atoms with E-state index in [1.807, 2.05) is 0 Å². The summed E-state index contributed by atoms with van der Waals surface area (Å²) in [5, 5.41) is 0. The SMILES string of the molecule is O=S(=O)([O-])c1ccc(OC(F)=C(C(F)(C(F)(F)F)C(F)(F)C(F)(F)F)C(C(F)(F)F)(C(F)(F)C(F)(F)F)C(F)(F)C(F)(F)F)cc1.[Na+]. The molecule has 268 valence electrons. The molecule has 0 N–H and O–H groups in total. The summed E-state index contributed by atoms with van der Waals surface area (Å²) in [5.74, 6) is -30.6. The van der Waals surface area contributed by atoms with E-state index in [0.717, 1.165) is 0 Å². The Morgan fingerprint density at radius 3 is 1.09 bits per heavy atom. The number of rotatable bonds is 8. The van der Waals surface area contributed by atoms with E-state index in [-0.39, 0.29) is 41.7 Å². The molecule has 0 saturated heterocycles. The van der Waals surface area contributed by atoms with Crippen LogP contribution in [0.1, 0.15) is 0 Å². The minimum absolute atomic E-state index is 0. The van der Waals surface area contributed by atoms with E-state index in [1.165, 1.54) is 0 Å². The zero-order valence-electron chi connectivity index (χ0n) is 21.0. The molecule has 0 aliphatic heterocycles. The third-order valence-electron chi connectivity index (χ3n) is 5.49. The van der Waals surface area contributed by atoms with E-state index in [2.05, 4.69) is 4.74 Å². The number of benzene rings is 1. The van der Waals surface area contributed by atoms with Gasteiger partial charge in [0.1, 0.15) is 15.9 Å². The first-order chi connectivity index (χ1) is 19.7. The molecule has 0 amide bonds. The molecule has 1 rings (SSSR count). The summed E-state index contributed by atoms with van der Waals surface area (Å²) in [6.07, 6.45) is -44.8. The van der Waals surface area contributed by atoms with Gasteiger partial charge in [0.2, 0.25) is 5.41 Å². The molecule has 4 nitrogen and oxygen atoms in total. The first-order valence-corrected chi connectivity index (χ1v) is 11.4. The Morgan fingerprint density at radius 1 is 0.532 bits per heavy atom. The van der Waals surface area contributed by atoms with Crippen molar-refractivity contribution >= 4 is 10.1 Å². The molecule has 0 spiro atoms. The molecular formula is C18H4F23NaO4S. The van der Waals surface area contributed by atoms with Gasteiger partial charge in [-0.2, -0.15) is 96.6 Å². The summed E-state index contributed by atoms with van der Waals surface area (Å²) in [6, 6.07) is -7.20. The van der Waals surface area contributed by atoms with Crippen LogP contribution in [0.2, 0.25) is 0 Å². The predicted octanol–water partition coefficient (Wildman–Crippen LogP) is 5.57. The Bertz CT molecular complexity index is 1390. The largest absolute Gasteiger partial charge is 1.00 e. The van der Waals surface area contributed by atoms with Gasteiger partial charge in [-0.3, -0.25) is 0 Å². The van der Waals surface area contributed by atoms with Crippen molar-refractivity contribution in [1.82, 2.24) is 0 Å². The Hall–Kier alpha value is -1.94. The van der Waals surface area contributed by atoms with Crippen LogP contribution >= 0.6 is 0 Å². The Kier molecular flexibility index (Phi) is 11.9. The maximum Gasteiger partial charge on any atom is 1.00 e. The average Bonchev–Trinajstić information content (AvgIpc) is 2.77. The van der Waals surface area contributed by atoms with Gasteiger partial charge in [-0.25, -0.2) is 12.8 Å². The second-order valence-electron chi connectivity index (χ2n) is 8.30. The second-order valence-corrected chi connectivity index (χ2v) is 9.68. The van der Waals surface area contributed by atoms with Crippen molar-refractivity contribution in [2.24, 2.45) is 5.41 Å². The van der Waals surface area contributed by atoms with Gasteiger partial charge in [-0.05, 0) is 24.3 Å². The molecule has 47 heavy (non-hydrogen) atoms. The van der Waals surface area contributed by atoms with Gasteiger partial charge in [-0.15, -0.1) is 0 Å². The van der Waals surface area contributed by atoms with Crippen LogP contribution < -0.4 is 34.3 Å². The molecule has 1 atom stereocenters. The van der Waals surface area contributed by atoms with Crippen LogP contribution in [0.25, 0.3) is 0 Å². The number of hydrogen-bond donors (Lipinski definition) is 0. The van der Waals surface area contributed by atoms with Crippen molar-refractivity contribution < 1.29 is 148 Å². The van der Waals surface area contributed by atoms with Gasteiger partial charge in [0.05, 0.1) is 10.5 Å². The van der Waals surface area contributed by atoms with Crippen LogP contribution in [0, 0.1) is 5.41 Å².